The van der Waals surface area contributed by atoms with Gasteiger partial charge in [-0.1, -0.05) is 41.7 Å². The average molecular weight is 545 g/mol. The van der Waals surface area contributed by atoms with Crippen LogP contribution in [0.5, 0.6) is 0 Å². The number of esters is 1. The van der Waals surface area contributed by atoms with E-state index in [0.29, 0.717) is 20.6 Å². The Bertz CT molecular complexity index is 1810. The molecule has 7 nitrogen and oxygen atoms in total. The highest BCUT2D eigenvalue weighted by Gasteiger charge is 2.33. The molecular weight excluding hydrogens is 525 g/mol. The number of nitrogens with zero attached hydrogens (tertiary/aromatic N) is 4. The first-order valence-corrected chi connectivity index (χ1v) is 14.0. The number of rotatable bonds is 5. The minimum absolute atomic E-state index is 0.208. The monoisotopic (exact) mass is 544 g/mol. The van der Waals surface area contributed by atoms with Gasteiger partial charge in [0.25, 0.3) is 5.56 Å². The van der Waals surface area contributed by atoms with Crippen molar-refractivity contribution in [3.63, 3.8) is 0 Å². The Morgan fingerprint density at radius 2 is 1.84 bits per heavy atom. The highest BCUT2D eigenvalue weighted by molar-refractivity contribution is 7.13. The normalized spacial score (nSPS) is 15.5. The lowest BCUT2D eigenvalue weighted by molar-refractivity contribution is -0.136. The average Bonchev–Trinajstić information content (AvgIpc) is 3.72. The third-order valence-corrected chi connectivity index (χ3v) is 8.83. The summed E-state index contributed by atoms with van der Waals surface area (Å²) < 4.78 is 9.01. The maximum absolute atomic E-state index is 13.8. The third kappa shape index (κ3) is 4.12. The van der Waals surface area contributed by atoms with Gasteiger partial charge in [-0.2, -0.15) is 5.10 Å². The molecule has 1 aliphatic rings. The first-order valence-electron chi connectivity index (χ1n) is 11.4. The van der Waals surface area contributed by atoms with E-state index in [1.807, 2.05) is 82.3 Å². The molecule has 10 heteroatoms. The Balaban J connectivity index is 1.56. The molecule has 6 rings (SSSR count). The Morgan fingerprint density at radius 1 is 1.05 bits per heavy atom. The van der Waals surface area contributed by atoms with Gasteiger partial charge in [-0.15, -0.1) is 22.7 Å². The summed E-state index contributed by atoms with van der Waals surface area (Å²) in [4.78, 5) is 33.7. The lowest BCUT2D eigenvalue weighted by Crippen LogP contribution is -2.39. The number of hydrogen-bond acceptors (Lipinski definition) is 8. The third-order valence-electron chi connectivity index (χ3n) is 6.04. The smallest absolute Gasteiger partial charge is 0.338 e. The highest BCUT2D eigenvalue weighted by Crippen LogP contribution is 2.33. The van der Waals surface area contributed by atoms with Gasteiger partial charge in [-0.3, -0.25) is 9.36 Å². The molecule has 0 amide bonds. The second-order valence-electron chi connectivity index (χ2n) is 8.28. The molecule has 1 aromatic carbocycles. The molecule has 0 aliphatic carbocycles. The van der Waals surface area contributed by atoms with Crippen molar-refractivity contribution in [3.05, 3.63) is 113 Å². The van der Waals surface area contributed by atoms with Gasteiger partial charge < -0.3 is 4.74 Å². The standard InChI is InChI=1S/C27H20N4O3S3/c1-16-22(26(33)34-2)24(20-11-7-13-36-20)31-25(32)21(37-27(31)28-16)14-17-15-30(18-8-4-3-5-9-18)29-23(17)19-10-6-12-35-19/h3-15,24H,1-2H3/b21-14+/t24-/m1/s1. The molecule has 0 spiro atoms. The van der Waals surface area contributed by atoms with Crippen LogP contribution in [0.3, 0.4) is 0 Å². The van der Waals surface area contributed by atoms with Crippen LogP contribution in [0.15, 0.2) is 92.6 Å². The zero-order valence-corrected chi connectivity index (χ0v) is 22.3. The summed E-state index contributed by atoms with van der Waals surface area (Å²) >= 11 is 4.39. The molecule has 0 N–H and O–H groups in total. The lowest BCUT2D eigenvalue weighted by Gasteiger charge is -2.22. The minimum atomic E-state index is -0.588. The number of thiazole rings is 1. The number of hydrogen-bond donors (Lipinski definition) is 0. The fourth-order valence-electron chi connectivity index (χ4n) is 4.36. The SMILES string of the molecule is COC(=O)C1=C(C)N=c2s/c(=C/c3cn(-c4ccccc4)nc3-c3cccs3)c(=O)n2[C@@H]1c1cccs1. The molecule has 5 heterocycles. The Labute approximate surface area is 223 Å². The number of ether oxygens (including phenoxy) is 1. The summed E-state index contributed by atoms with van der Waals surface area (Å²) in [5.41, 5.74) is 3.27. The van der Waals surface area contributed by atoms with Gasteiger partial charge >= 0.3 is 5.97 Å². The van der Waals surface area contributed by atoms with E-state index in [1.54, 1.807) is 22.8 Å². The molecule has 0 fully saturated rings. The molecule has 4 aromatic heterocycles. The molecule has 184 valence electrons. The van der Waals surface area contributed by atoms with Crippen LogP contribution >= 0.6 is 34.0 Å². The van der Waals surface area contributed by atoms with Crippen LogP contribution in [-0.4, -0.2) is 27.4 Å². The first-order chi connectivity index (χ1) is 18.0. The van der Waals surface area contributed by atoms with Crippen LogP contribution < -0.4 is 14.9 Å². The number of carbonyl (C=O) groups excluding carboxylic acids is 1. The van der Waals surface area contributed by atoms with E-state index in [-0.39, 0.29) is 5.56 Å². The van der Waals surface area contributed by atoms with Crippen LogP contribution in [0.1, 0.15) is 23.4 Å². The first kappa shape index (κ1) is 23.5. The summed E-state index contributed by atoms with van der Waals surface area (Å²) in [6.07, 6.45) is 3.80. The van der Waals surface area contributed by atoms with Gasteiger partial charge in [0, 0.05) is 16.6 Å². The van der Waals surface area contributed by atoms with Gasteiger partial charge in [-0.05, 0) is 48.0 Å². The van der Waals surface area contributed by atoms with Crippen molar-refractivity contribution in [1.82, 2.24) is 14.3 Å². The Morgan fingerprint density at radius 3 is 2.54 bits per heavy atom. The van der Waals surface area contributed by atoms with E-state index in [1.165, 1.54) is 29.8 Å². The number of fused-ring (bicyclic) bond motifs is 1. The van der Waals surface area contributed by atoms with Crippen molar-refractivity contribution in [3.8, 4) is 16.3 Å². The van der Waals surface area contributed by atoms with Gasteiger partial charge in [0.15, 0.2) is 4.80 Å². The van der Waals surface area contributed by atoms with Crippen molar-refractivity contribution >= 4 is 46.1 Å². The molecule has 0 unspecified atom stereocenters. The molecule has 1 aliphatic heterocycles. The van der Waals surface area contributed by atoms with E-state index in [2.05, 4.69) is 4.99 Å². The minimum Gasteiger partial charge on any atom is -0.466 e. The van der Waals surface area contributed by atoms with E-state index in [9.17, 15) is 9.59 Å². The quantitative estimate of drug-likeness (QED) is 0.308. The summed E-state index contributed by atoms with van der Waals surface area (Å²) in [6.45, 7) is 1.78. The second kappa shape index (κ2) is 9.55. The van der Waals surface area contributed by atoms with Crippen molar-refractivity contribution in [2.75, 3.05) is 7.11 Å². The molecule has 0 radical (unpaired) electrons. The van der Waals surface area contributed by atoms with Crippen LogP contribution in [0.2, 0.25) is 0 Å². The van der Waals surface area contributed by atoms with Crippen LogP contribution in [0.25, 0.3) is 22.3 Å². The highest BCUT2D eigenvalue weighted by atomic mass is 32.1. The molecule has 0 saturated carbocycles. The number of benzene rings is 1. The van der Waals surface area contributed by atoms with Gasteiger partial charge in [0.1, 0.15) is 11.7 Å². The summed E-state index contributed by atoms with van der Waals surface area (Å²) in [7, 11) is 1.34. The second-order valence-corrected chi connectivity index (χ2v) is 11.2. The summed E-state index contributed by atoms with van der Waals surface area (Å²) in [6, 6.07) is 17.1. The van der Waals surface area contributed by atoms with Crippen molar-refractivity contribution < 1.29 is 9.53 Å². The van der Waals surface area contributed by atoms with Crippen LogP contribution in [0, 0.1) is 0 Å². The predicted octanol–water partition coefficient (Wildman–Crippen LogP) is 4.38. The number of carbonyl (C=O) groups is 1. The van der Waals surface area contributed by atoms with E-state index < -0.39 is 12.0 Å². The zero-order chi connectivity index (χ0) is 25.5. The van der Waals surface area contributed by atoms with Gasteiger partial charge in [-0.25, -0.2) is 14.5 Å². The van der Waals surface area contributed by atoms with Crippen LogP contribution in [-0.2, 0) is 9.53 Å². The number of methoxy groups -OCH3 is 1. The predicted molar refractivity (Wildman–Crippen MR) is 147 cm³/mol. The number of thiophene rings is 2. The van der Waals surface area contributed by atoms with Gasteiger partial charge in [0.2, 0.25) is 0 Å². The van der Waals surface area contributed by atoms with Crippen molar-refractivity contribution in [2.24, 2.45) is 4.99 Å². The number of allylic oxidation sites excluding steroid dienone is 1. The van der Waals surface area contributed by atoms with E-state index >= 15 is 0 Å². The summed E-state index contributed by atoms with van der Waals surface area (Å²) in [5, 5.41) is 8.78. The summed E-state index contributed by atoms with van der Waals surface area (Å²) in [5.74, 6) is -0.488. The van der Waals surface area contributed by atoms with E-state index in [4.69, 9.17) is 9.84 Å². The molecule has 37 heavy (non-hydrogen) atoms. The number of para-hydroxylation sites is 1. The van der Waals surface area contributed by atoms with Crippen molar-refractivity contribution in [1.29, 1.82) is 0 Å². The topological polar surface area (TPSA) is 78.5 Å². The largest absolute Gasteiger partial charge is 0.466 e. The van der Waals surface area contributed by atoms with Crippen LogP contribution in [0.4, 0.5) is 0 Å². The fourth-order valence-corrected chi connectivity index (χ4v) is 6.95. The Kier molecular flexibility index (Phi) is 6.07. The molecule has 0 saturated heterocycles. The number of aromatic nitrogens is 3. The zero-order valence-electron chi connectivity index (χ0n) is 19.8. The molecule has 1 atom stereocenters. The molecule has 0 bridgehead atoms. The molecule has 5 aromatic rings. The van der Waals surface area contributed by atoms with E-state index in [0.717, 1.165) is 26.7 Å². The molecular formula is C27H20N4O3S3. The van der Waals surface area contributed by atoms with Crippen molar-refractivity contribution in [2.45, 2.75) is 13.0 Å². The van der Waals surface area contributed by atoms with Gasteiger partial charge in [0.05, 0.1) is 33.5 Å². The lowest BCUT2D eigenvalue weighted by atomic mass is 10.0. The fraction of sp³-hybridized carbons (Fsp3) is 0.111. The maximum atomic E-state index is 13.8. The maximum Gasteiger partial charge on any atom is 0.338 e. The Hall–Kier alpha value is -3.86.